The number of hydrogen-bond donors (Lipinski definition) is 1. The van der Waals surface area contributed by atoms with Crippen LogP contribution in [0.25, 0.3) is 0 Å². The van der Waals surface area contributed by atoms with Gasteiger partial charge in [-0.1, -0.05) is 22.0 Å². The van der Waals surface area contributed by atoms with Crippen LogP contribution in [0.5, 0.6) is 0 Å². The average Bonchev–Trinajstić information content (AvgIpc) is 2.63. The van der Waals surface area contributed by atoms with E-state index in [0.717, 1.165) is 4.47 Å². The number of thiophene rings is 1. The minimum Gasteiger partial charge on any atom is -0.309 e. The van der Waals surface area contributed by atoms with Gasteiger partial charge >= 0.3 is 0 Å². The van der Waals surface area contributed by atoms with E-state index in [1.54, 1.807) is 0 Å². The monoisotopic (exact) mass is 387 g/mol. The molecule has 1 nitrogen and oxygen atoms in total. The lowest BCUT2D eigenvalue weighted by Crippen LogP contribution is -2.17. The fourth-order valence-corrected chi connectivity index (χ4v) is 4.20. The van der Waals surface area contributed by atoms with Crippen molar-refractivity contribution in [3.05, 3.63) is 54.1 Å². The average molecular weight is 389 g/mol. The highest BCUT2D eigenvalue weighted by Crippen LogP contribution is 2.35. The van der Waals surface area contributed by atoms with Crippen LogP contribution in [0, 0.1) is 13.8 Å². The summed E-state index contributed by atoms with van der Waals surface area (Å²) in [6, 6.07) is 8.91. The molecule has 0 aliphatic rings. The summed E-state index contributed by atoms with van der Waals surface area (Å²) >= 11 is 8.94. The predicted octanol–water partition coefficient (Wildman–Crippen LogP) is 5.20. The first-order valence-electron chi connectivity index (χ1n) is 5.72. The molecule has 0 fully saturated rings. The van der Waals surface area contributed by atoms with Crippen LogP contribution < -0.4 is 5.32 Å². The molecule has 0 aliphatic heterocycles. The van der Waals surface area contributed by atoms with Crippen molar-refractivity contribution in [2.24, 2.45) is 0 Å². The summed E-state index contributed by atoms with van der Waals surface area (Å²) in [6.07, 6.45) is 0. The Morgan fingerprint density at radius 2 is 1.89 bits per heavy atom. The highest BCUT2D eigenvalue weighted by Gasteiger charge is 2.17. The van der Waals surface area contributed by atoms with Crippen LogP contribution in [0.1, 0.15) is 26.9 Å². The number of nitrogens with one attached hydrogen (secondary N) is 1. The van der Waals surface area contributed by atoms with E-state index in [1.165, 1.54) is 25.4 Å². The van der Waals surface area contributed by atoms with Gasteiger partial charge in [0, 0.05) is 18.7 Å². The van der Waals surface area contributed by atoms with E-state index >= 15 is 0 Å². The zero-order valence-corrected chi connectivity index (χ0v) is 14.5. The third-order valence-electron chi connectivity index (χ3n) is 2.99. The highest BCUT2D eigenvalue weighted by molar-refractivity contribution is 9.10. The largest absolute Gasteiger partial charge is 0.309 e. The van der Waals surface area contributed by atoms with Gasteiger partial charge in [0.05, 0.1) is 6.04 Å². The first-order valence-corrected chi connectivity index (χ1v) is 8.12. The minimum atomic E-state index is 0.257. The summed E-state index contributed by atoms with van der Waals surface area (Å²) in [7, 11) is 2.01. The van der Waals surface area contributed by atoms with Crippen LogP contribution in [0.3, 0.4) is 0 Å². The van der Waals surface area contributed by atoms with Crippen molar-refractivity contribution >= 4 is 43.2 Å². The number of rotatable bonds is 3. The van der Waals surface area contributed by atoms with Gasteiger partial charge in [0.1, 0.15) is 0 Å². The number of aryl methyl sites for hydroxylation is 2. The molecule has 0 spiro atoms. The van der Waals surface area contributed by atoms with Crippen molar-refractivity contribution in [1.82, 2.24) is 5.32 Å². The lowest BCUT2D eigenvalue weighted by molar-refractivity contribution is 0.699. The van der Waals surface area contributed by atoms with Gasteiger partial charge in [-0.15, -0.1) is 11.3 Å². The maximum Gasteiger partial charge on any atom is 0.0671 e. The van der Waals surface area contributed by atoms with Gasteiger partial charge in [-0.3, -0.25) is 0 Å². The lowest BCUT2D eigenvalue weighted by atomic mass is 10.0. The van der Waals surface area contributed by atoms with Crippen LogP contribution in [0.15, 0.2) is 33.2 Å². The van der Waals surface area contributed by atoms with Gasteiger partial charge in [0.2, 0.25) is 0 Å². The Bertz CT molecular complexity index is 543. The quantitative estimate of drug-likeness (QED) is 0.761. The molecule has 2 rings (SSSR count). The summed E-state index contributed by atoms with van der Waals surface area (Å²) in [5, 5.41) is 3.41. The van der Waals surface area contributed by atoms with Crippen LogP contribution in [-0.2, 0) is 0 Å². The minimum absolute atomic E-state index is 0.257. The third kappa shape index (κ3) is 2.87. The molecule has 96 valence electrons. The standard InChI is InChI=1S/C14H15Br2NS/c1-8-6-10(15)4-5-11(8)14(17-3)13-7-12(16)9(2)18-13/h4-7,14,17H,1-3H3. The normalized spacial score (nSPS) is 12.7. The Labute approximate surface area is 129 Å². The maximum absolute atomic E-state index is 3.59. The molecule has 0 bridgehead atoms. The van der Waals surface area contributed by atoms with E-state index in [0.29, 0.717) is 0 Å². The maximum atomic E-state index is 3.59. The molecular formula is C14H15Br2NS. The molecule has 1 atom stereocenters. The van der Waals surface area contributed by atoms with E-state index in [2.05, 4.69) is 75.3 Å². The summed E-state index contributed by atoms with van der Waals surface area (Å²) in [5.41, 5.74) is 2.63. The molecule has 1 aromatic carbocycles. The molecule has 0 saturated carbocycles. The molecule has 0 amide bonds. The molecule has 1 unspecified atom stereocenters. The molecule has 1 N–H and O–H groups in total. The SMILES string of the molecule is CNC(c1cc(Br)c(C)s1)c1ccc(Br)cc1C. The Morgan fingerprint density at radius 3 is 2.39 bits per heavy atom. The summed E-state index contributed by atoms with van der Waals surface area (Å²) in [4.78, 5) is 2.66. The first-order chi connectivity index (χ1) is 8.52. The van der Waals surface area contributed by atoms with E-state index in [1.807, 2.05) is 18.4 Å². The Balaban J connectivity index is 2.45. The summed E-state index contributed by atoms with van der Waals surface area (Å²) < 4.78 is 2.32. The molecule has 18 heavy (non-hydrogen) atoms. The van der Waals surface area contributed by atoms with Crippen LogP contribution >= 0.6 is 43.2 Å². The Morgan fingerprint density at radius 1 is 1.17 bits per heavy atom. The van der Waals surface area contributed by atoms with Gasteiger partial charge in [0.15, 0.2) is 0 Å². The van der Waals surface area contributed by atoms with E-state index in [9.17, 15) is 0 Å². The molecule has 0 aliphatic carbocycles. The van der Waals surface area contributed by atoms with E-state index in [4.69, 9.17) is 0 Å². The Kier molecular flexibility index (Phi) is 4.64. The Hall–Kier alpha value is -0.160. The third-order valence-corrected chi connectivity index (χ3v) is 5.69. The van der Waals surface area contributed by atoms with Crippen molar-refractivity contribution in [2.45, 2.75) is 19.9 Å². The number of halogens is 2. The second kappa shape index (κ2) is 5.87. The molecule has 0 radical (unpaired) electrons. The second-order valence-corrected chi connectivity index (χ2v) is 7.33. The summed E-state index contributed by atoms with van der Waals surface area (Å²) in [5.74, 6) is 0. The van der Waals surface area contributed by atoms with Gasteiger partial charge in [0.25, 0.3) is 0 Å². The van der Waals surface area contributed by atoms with E-state index < -0.39 is 0 Å². The molecule has 4 heteroatoms. The molecule has 2 aromatic rings. The van der Waals surface area contributed by atoms with Gasteiger partial charge in [-0.25, -0.2) is 0 Å². The van der Waals surface area contributed by atoms with Gasteiger partial charge in [-0.05, 0) is 66.2 Å². The number of hydrogen-bond acceptors (Lipinski definition) is 2. The van der Waals surface area contributed by atoms with Crippen molar-refractivity contribution in [3.8, 4) is 0 Å². The fraction of sp³-hybridized carbons (Fsp3) is 0.286. The van der Waals surface area contributed by atoms with Crippen molar-refractivity contribution in [3.63, 3.8) is 0 Å². The molecular weight excluding hydrogens is 374 g/mol. The highest BCUT2D eigenvalue weighted by atomic mass is 79.9. The smallest absolute Gasteiger partial charge is 0.0671 e. The van der Waals surface area contributed by atoms with Crippen molar-refractivity contribution < 1.29 is 0 Å². The summed E-state index contributed by atoms with van der Waals surface area (Å²) in [6.45, 7) is 4.29. The van der Waals surface area contributed by atoms with Crippen molar-refractivity contribution in [1.29, 1.82) is 0 Å². The number of benzene rings is 1. The van der Waals surface area contributed by atoms with Crippen LogP contribution in [-0.4, -0.2) is 7.05 Å². The van der Waals surface area contributed by atoms with Crippen LogP contribution in [0.4, 0.5) is 0 Å². The zero-order chi connectivity index (χ0) is 13.3. The van der Waals surface area contributed by atoms with Crippen LogP contribution in [0.2, 0.25) is 0 Å². The second-order valence-electron chi connectivity index (χ2n) is 4.28. The van der Waals surface area contributed by atoms with Gasteiger partial charge in [-0.2, -0.15) is 0 Å². The lowest BCUT2D eigenvalue weighted by Gasteiger charge is -2.17. The first kappa shape index (κ1) is 14.3. The molecule has 1 heterocycles. The molecule has 1 aromatic heterocycles. The predicted molar refractivity (Wildman–Crippen MR) is 86.5 cm³/mol. The van der Waals surface area contributed by atoms with Crippen molar-refractivity contribution in [2.75, 3.05) is 7.05 Å². The van der Waals surface area contributed by atoms with E-state index in [-0.39, 0.29) is 6.04 Å². The topological polar surface area (TPSA) is 12.0 Å². The fourth-order valence-electron chi connectivity index (χ4n) is 2.04. The molecule has 0 saturated heterocycles. The van der Waals surface area contributed by atoms with Gasteiger partial charge < -0.3 is 5.32 Å². The zero-order valence-electron chi connectivity index (χ0n) is 10.6.